The second kappa shape index (κ2) is 6.93. The summed E-state index contributed by atoms with van der Waals surface area (Å²) in [5.41, 5.74) is 4.58. The Hall–Kier alpha value is -2.89. The minimum Gasteiger partial charge on any atom is -0.344 e. The molecule has 0 saturated carbocycles. The highest BCUT2D eigenvalue weighted by atomic mass is 16.1. The molecular formula is C19H23N5O. The zero-order chi connectivity index (χ0) is 18.0. The maximum atomic E-state index is 12.5. The summed E-state index contributed by atoms with van der Waals surface area (Å²) >= 11 is 0. The van der Waals surface area contributed by atoms with Crippen LogP contribution >= 0.6 is 0 Å². The van der Waals surface area contributed by atoms with Crippen LogP contribution in [0.5, 0.6) is 0 Å². The van der Waals surface area contributed by atoms with E-state index in [9.17, 15) is 4.79 Å². The third kappa shape index (κ3) is 3.63. The van der Waals surface area contributed by atoms with Crippen molar-refractivity contribution >= 4 is 5.91 Å². The quantitative estimate of drug-likeness (QED) is 0.749. The van der Waals surface area contributed by atoms with Gasteiger partial charge < -0.3 is 10.3 Å². The van der Waals surface area contributed by atoms with E-state index in [2.05, 4.69) is 20.4 Å². The van der Waals surface area contributed by atoms with Gasteiger partial charge in [0.2, 0.25) is 0 Å². The molecule has 0 aliphatic carbocycles. The summed E-state index contributed by atoms with van der Waals surface area (Å²) in [5.74, 6) is 0.674. The van der Waals surface area contributed by atoms with Gasteiger partial charge in [0.1, 0.15) is 5.82 Å². The fourth-order valence-corrected chi connectivity index (χ4v) is 2.86. The first-order valence-corrected chi connectivity index (χ1v) is 8.44. The highest BCUT2D eigenvalue weighted by molar-refractivity contribution is 5.94. The van der Waals surface area contributed by atoms with Gasteiger partial charge in [0.25, 0.3) is 5.91 Å². The van der Waals surface area contributed by atoms with Crippen molar-refractivity contribution < 1.29 is 4.79 Å². The van der Waals surface area contributed by atoms with Gasteiger partial charge in [-0.1, -0.05) is 6.92 Å². The van der Waals surface area contributed by atoms with Crippen LogP contribution in [-0.4, -0.2) is 25.7 Å². The first-order valence-electron chi connectivity index (χ1n) is 8.44. The fraction of sp³-hybridized carbons (Fsp3) is 0.316. The van der Waals surface area contributed by atoms with E-state index < -0.39 is 0 Å². The summed E-state index contributed by atoms with van der Waals surface area (Å²) < 4.78 is 1.87. The van der Waals surface area contributed by atoms with Crippen molar-refractivity contribution in [3.63, 3.8) is 0 Å². The van der Waals surface area contributed by atoms with Gasteiger partial charge in [0.15, 0.2) is 0 Å². The average molecular weight is 337 g/mol. The number of hydrogen-bond acceptors (Lipinski definition) is 3. The molecule has 0 aliphatic rings. The predicted octanol–water partition coefficient (Wildman–Crippen LogP) is 3.40. The van der Waals surface area contributed by atoms with Crippen molar-refractivity contribution in [3.8, 4) is 5.69 Å². The molecular weight excluding hydrogens is 314 g/mol. The Morgan fingerprint density at radius 1 is 1.24 bits per heavy atom. The number of rotatable bonds is 5. The molecule has 0 saturated heterocycles. The molecule has 0 bridgehead atoms. The Morgan fingerprint density at radius 3 is 2.48 bits per heavy atom. The summed E-state index contributed by atoms with van der Waals surface area (Å²) in [6.07, 6.45) is 2.54. The molecule has 130 valence electrons. The molecule has 0 fully saturated rings. The highest BCUT2D eigenvalue weighted by Crippen LogP contribution is 2.16. The lowest BCUT2D eigenvalue weighted by Gasteiger charge is -2.15. The number of hydrogen-bond donors (Lipinski definition) is 2. The van der Waals surface area contributed by atoms with E-state index >= 15 is 0 Å². The minimum absolute atomic E-state index is 0.110. The number of amides is 1. The number of aromatic amines is 1. The van der Waals surface area contributed by atoms with Gasteiger partial charge in [-0.2, -0.15) is 5.10 Å². The molecule has 3 aromatic rings. The van der Waals surface area contributed by atoms with Crippen LogP contribution in [0.25, 0.3) is 5.69 Å². The number of carbonyl (C=O) groups excluding carboxylic acids is 1. The summed E-state index contributed by atoms with van der Waals surface area (Å²) in [5, 5.41) is 7.49. The molecule has 2 heterocycles. The largest absolute Gasteiger partial charge is 0.344 e. The number of nitrogens with zero attached hydrogens (tertiary/aromatic N) is 3. The number of aromatic nitrogens is 4. The van der Waals surface area contributed by atoms with Crippen LogP contribution in [0.1, 0.15) is 52.7 Å². The van der Waals surface area contributed by atoms with Crippen LogP contribution in [0.2, 0.25) is 0 Å². The number of carbonyl (C=O) groups is 1. The lowest BCUT2D eigenvalue weighted by molar-refractivity contribution is 0.0934. The SMILES string of the molecule is CCC(NC(=O)c1ccc(-n2nc(C)cc2C)cc1)c1ncc(C)[nH]1. The molecule has 2 aromatic heterocycles. The molecule has 0 radical (unpaired) electrons. The second-order valence-corrected chi connectivity index (χ2v) is 6.27. The van der Waals surface area contributed by atoms with E-state index in [1.807, 2.05) is 62.7 Å². The van der Waals surface area contributed by atoms with Crippen molar-refractivity contribution in [2.45, 2.75) is 40.2 Å². The van der Waals surface area contributed by atoms with Crippen LogP contribution in [0, 0.1) is 20.8 Å². The second-order valence-electron chi connectivity index (χ2n) is 6.27. The maximum Gasteiger partial charge on any atom is 0.251 e. The predicted molar refractivity (Wildman–Crippen MR) is 96.9 cm³/mol. The Bertz CT molecular complexity index is 876. The normalized spacial score (nSPS) is 12.2. The molecule has 6 heteroatoms. The van der Waals surface area contributed by atoms with Crippen LogP contribution in [-0.2, 0) is 0 Å². The van der Waals surface area contributed by atoms with Crippen molar-refractivity contribution in [3.05, 3.63) is 65.0 Å². The van der Waals surface area contributed by atoms with Gasteiger partial charge in [-0.15, -0.1) is 0 Å². The summed E-state index contributed by atoms with van der Waals surface area (Å²) in [4.78, 5) is 20.0. The first-order chi connectivity index (χ1) is 12.0. The van der Waals surface area contributed by atoms with Crippen molar-refractivity contribution in [1.29, 1.82) is 0 Å². The van der Waals surface area contributed by atoms with Gasteiger partial charge in [0, 0.05) is 23.1 Å². The van der Waals surface area contributed by atoms with Gasteiger partial charge in [-0.3, -0.25) is 4.79 Å². The third-order valence-electron chi connectivity index (χ3n) is 4.15. The average Bonchev–Trinajstić information content (AvgIpc) is 3.17. The van der Waals surface area contributed by atoms with E-state index in [0.29, 0.717) is 5.56 Å². The Balaban J connectivity index is 1.75. The number of nitrogens with one attached hydrogen (secondary N) is 2. The number of aryl methyl sites for hydroxylation is 3. The lowest BCUT2D eigenvalue weighted by atomic mass is 10.1. The van der Waals surface area contributed by atoms with E-state index in [1.165, 1.54) is 0 Å². The van der Waals surface area contributed by atoms with Gasteiger partial charge in [-0.05, 0) is 57.5 Å². The molecule has 0 aliphatic heterocycles. The van der Waals surface area contributed by atoms with Gasteiger partial charge >= 0.3 is 0 Å². The molecule has 25 heavy (non-hydrogen) atoms. The number of benzene rings is 1. The topological polar surface area (TPSA) is 75.6 Å². The molecule has 1 atom stereocenters. The molecule has 2 N–H and O–H groups in total. The summed E-state index contributed by atoms with van der Waals surface area (Å²) in [6, 6.07) is 9.36. The Kier molecular flexibility index (Phi) is 4.70. The standard InChI is InChI=1S/C19H23N5O/c1-5-17(18-20-11-13(3)21-18)22-19(25)15-6-8-16(9-7-15)24-14(4)10-12(2)23-24/h6-11,17H,5H2,1-4H3,(H,20,21)(H,22,25). The molecule has 1 aromatic carbocycles. The zero-order valence-electron chi connectivity index (χ0n) is 15.0. The van der Waals surface area contributed by atoms with E-state index in [4.69, 9.17) is 0 Å². The fourth-order valence-electron chi connectivity index (χ4n) is 2.86. The van der Waals surface area contributed by atoms with Crippen LogP contribution in [0.3, 0.4) is 0 Å². The first kappa shape index (κ1) is 17.0. The van der Waals surface area contributed by atoms with Gasteiger partial charge in [-0.25, -0.2) is 9.67 Å². The molecule has 1 unspecified atom stereocenters. The summed E-state index contributed by atoms with van der Waals surface area (Å²) in [7, 11) is 0. The zero-order valence-corrected chi connectivity index (χ0v) is 15.0. The molecule has 3 rings (SSSR count). The van der Waals surface area contributed by atoms with Crippen molar-refractivity contribution in [2.75, 3.05) is 0 Å². The summed E-state index contributed by atoms with van der Waals surface area (Å²) in [6.45, 7) is 7.95. The van der Waals surface area contributed by atoms with Crippen molar-refractivity contribution in [1.82, 2.24) is 25.1 Å². The van der Waals surface area contributed by atoms with Crippen LogP contribution < -0.4 is 5.32 Å². The van der Waals surface area contributed by atoms with Gasteiger partial charge in [0.05, 0.1) is 17.4 Å². The van der Waals surface area contributed by atoms with Crippen molar-refractivity contribution in [2.24, 2.45) is 0 Å². The van der Waals surface area contributed by atoms with Crippen LogP contribution in [0.15, 0.2) is 36.5 Å². The Morgan fingerprint density at radius 2 is 1.96 bits per heavy atom. The smallest absolute Gasteiger partial charge is 0.251 e. The lowest BCUT2D eigenvalue weighted by Crippen LogP contribution is -2.28. The van der Waals surface area contributed by atoms with Crippen LogP contribution in [0.4, 0.5) is 0 Å². The number of imidazole rings is 1. The highest BCUT2D eigenvalue weighted by Gasteiger charge is 2.16. The number of H-pyrrole nitrogens is 1. The molecule has 0 spiro atoms. The molecule has 1 amide bonds. The van der Waals surface area contributed by atoms with E-state index in [0.717, 1.165) is 35.0 Å². The molecule has 6 nitrogen and oxygen atoms in total. The minimum atomic E-state index is -0.128. The third-order valence-corrected chi connectivity index (χ3v) is 4.15. The Labute approximate surface area is 147 Å². The van der Waals surface area contributed by atoms with E-state index in [1.54, 1.807) is 6.20 Å². The maximum absolute atomic E-state index is 12.5. The van der Waals surface area contributed by atoms with E-state index in [-0.39, 0.29) is 11.9 Å². The monoisotopic (exact) mass is 337 g/mol.